The summed E-state index contributed by atoms with van der Waals surface area (Å²) < 4.78 is 0. The van der Waals surface area contributed by atoms with E-state index in [1.54, 1.807) is 5.57 Å². The molecule has 5 fully saturated rings. The molecule has 5 aliphatic rings. The fraction of sp³-hybridized carbons (Fsp3) is 0.643. The van der Waals surface area contributed by atoms with E-state index in [9.17, 15) is 4.79 Å². The van der Waals surface area contributed by atoms with E-state index in [0.29, 0.717) is 23.7 Å². The summed E-state index contributed by atoms with van der Waals surface area (Å²) in [4.78, 5) is 18.3. The predicted octanol–water partition coefficient (Wildman–Crippen LogP) is 5.83. The molecule has 0 aliphatic heterocycles. The van der Waals surface area contributed by atoms with E-state index >= 15 is 0 Å². The van der Waals surface area contributed by atoms with E-state index in [1.165, 1.54) is 31.2 Å². The third kappa shape index (κ3) is 3.73. The maximum absolute atomic E-state index is 13.7. The van der Waals surface area contributed by atoms with Crippen molar-refractivity contribution >= 4 is 12.1 Å². The first-order valence-corrected chi connectivity index (χ1v) is 12.6. The molecule has 1 aromatic carbocycles. The third-order valence-corrected chi connectivity index (χ3v) is 9.08. The second-order valence-corrected chi connectivity index (χ2v) is 11.0. The van der Waals surface area contributed by atoms with Crippen LogP contribution in [0.1, 0.15) is 76.7 Å². The lowest BCUT2D eigenvalue weighted by molar-refractivity contribution is -0.140. The van der Waals surface area contributed by atoms with Crippen LogP contribution in [0.15, 0.2) is 47.0 Å². The van der Waals surface area contributed by atoms with Gasteiger partial charge in [-0.05, 0) is 105 Å². The molecular formula is C28H38N2O. The summed E-state index contributed by atoms with van der Waals surface area (Å²) in [6.07, 6.45) is 15.7. The van der Waals surface area contributed by atoms with Crippen LogP contribution in [0.3, 0.4) is 0 Å². The third-order valence-electron chi connectivity index (χ3n) is 9.08. The number of allylic oxidation sites excluding steroid dienone is 2. The molecule has 5 aliphatic carbocycles. The Morgan fingerprint density at radius 2 is 1.74 bits per heavy atom. The number of rotatable bonds is 5. The van der Waals surface area contributed by atoms with Gasteiger partial charge in [-0.1, -0.05) is 48.9 Å². The zero-order chi connectivity index (χ0) is 21.5. The Kier molecular flexibility index (Phi) is 5.66. The molecule has 2 N–H and O–H groups in total. The summed E-state index contributed by atoms with van der Waals surface area (Å²) in [5.41, 5.74) is 8.84. The number of hydrogen-bond donors (Lipinski definition) is 1. The number of carbonyl (C=O) groups excluding carboxylic acids is 1. The zero-order valence-corrected chi connectivity index (χ0v) is 19.1. The molecule has 0 radical (unpaired) electrons. The number of aliphatic imine (C=N–C) groups is 1. The summed E-state index contributed by atoms with van der Waals surface area (Å²) in [5, 5.41) is 0. The Hall–Kier alpha value is -1.74. The first-order valence-electron chi connectivity index (χ1n) is 12.6. The normalized spacial score (nSPS) is 39.2. The molecule has 2 unspecified atom stereocenters. The highest BCUT2D eigenvalue weighted by Gasteiger charge is 2.62. The monoisotopic (exact) mass is 418 g/mol. The lowest BCUT2D eigenvalue weighted by Crippen LogP contribution is -2.57. The Balaban J connectivity index is 1.40. The Labute approximate surface area is 187 Å². The van der Waals surface area contributed by atoms with Crippen molar-refractivity contribution in [2.45, 2.75) is 76.5 Å². The van der Waals surface area contributed by atoms with E-state index in [4.69, 9.17) is 5.73 Å². The zero-order valence-electron chi connectivity index (χ0n) is 19.1. The summed E-state index contributed by atoms with van der Waals surface area (Å²) in [6, 6.07) is 11.0. The predicted molar refractivity (Wildman–Crippen MR) is 127 cm³/mol. The van der Waals surface area contributed by atoms with Crippen molar-refractivity contribution < 1.29 is 4.79 Å². The maximum Gasteiger partial charge on any atom is 0.251 e. The molecule has 4 bridgehead atoms. The highest BCUT2D eigenvalue weighted by molar-refractivity contribution is 5.91. The highest BCUT2D eigenvalue weighted by atomic mass is 16.1. The van der Waals surface area contributed by atoms with Gasteiger partial charge >= 0.3 is 0 Å². The van der Waals surface area contributed by atoms with Gasteiger partial charge in [0.05, 0.1) is 5.41 Å². The van der Waals surface area contributed by atoms with Gasteiger partial charge in [-0.2, -0.15) is 0 Å². The molecule has 1 aromatic rings. The van der Waals surface area contributed by atoms with Crippen molar-refractivity contribution in [1.29, 1.82) is 0 Å². The van der Waals surface area contributed by atoms with Gasteiger partial charge in [0.2, 0.25) is 0 Å². The van der Waals surface area contributed by atoms with Crippen LogP contribution in [-0.2, 0) is 10.2 Å². The molecule has 6 rings (SSSR count). The molecule has 1 amide bonds. The van der Waals surface area contributed by atoms with Crippen molar-refractivity contribution in [3.05, 3.63) is 47.5 Å². The summed E-state index contributed by atoms with van der Waals surface area (Å²) in [7, 11) is 0. The largest absolute Gasteiger partial charge is 0.330 e. The van der Waals surface area contributed by atoms with Crippen molar-refractivity contribution in [3.8, 4) is 0 Å². The van der Waals surface area contributed by atoms with Crippen LogP contribution in [0.4, 0.5) is 0 Å². The molecule has 5 saturated carbocycles. The molecular weight excluding hydrogens is 380 g/mol. The van der Waals surface area contributed by atoms with Gasteiger partial charge in [0.15, 0.2) is 0 Å². The van der Waals surface area contributed by atoms with Crippen molar-refractivity contribution in [2.24, 2.45) is 39.8 Å². The Morgan fingerprint density at radius 3 is 2.35 bits per heavy atom. The average molecular weight is 419 g/mol. The highest BCUT2D eigenvalue weighted by Crippen LogP contribution is 2.67. The van der Waals surface area contributed by atoms with E-state index in [2.05, 4.69) is 48.3 Å². The van der Waals surface area contributed by atoms with Gasteiger partial charge in [-0.3, -0.25) is 4.79 Å². The summed E-state index contributed by atoms with van der Waals surface area (Å²) in [6.45, 7) is 3.04. The smallest absolute Gasteiger partial charge is 0.251 e. The first-order chi connectivity index (χ1) is 15.1. The molecule has 0 spiro atoms. The lowest BCUT2D eigenvalue weighted by atomic mass is 9.41. The van der Waals surface area contributed by atoms with Gasteiger partial charge < -0.3 is 5.73 Å². The number of nitrogens with zero attached hydrogens (tertiary/aromatic N) is 1. The Bertz CT molecular complexity index is 844. The maximum atomic E-state index is 13.7. The van der Waals surface area contributed by atoms with Crippen molar-refractivity contribution in [1.82, 2.24) is 0 Å². The SMILES string of the molecule is CCC=C1C2CC3(C(=O)N=CC4CCC(CN)CC4)CC1CC(c1ccccc1)(C2)C3. The number of benzene rings is 1. The molecule has 166 valence electrons. The molecule has 0 heterocycles. The topological polar surface area (TPSA) is 55.5 Å². The summed E-state index contributed by atoms with van der Waals surface area (Å²) in [5.74, 6) is 2.41. The van der Waals surface area contributed by atoms with Crippen molar-refractivity contribution in [2.75, 3.05) is 6.54 Å². The van der Waals surface area contributed by atoms with Crippen LogP contribution in [0.5, 0.6) is 0 Å². The quantitative estimate of drug-likeness (QED) is 0.483. The standard InChI is InChI=1S/C28H38N2O/c1-2-6-25-22-13-27(24-7-4-3-5-8-24)14-23(25)16-28(15-22,19-27)26(31)30-18-21-11-9-20(17-29)10-12-21/h3-8,18,20-23H,2,9-17,19,29H2,1H3. The number of hydrogen-bond acceptors (Lipinski definition) is 2. The number of amides is 1. The van der Waals surface area contributed by atoms with Gasteiger partial charge in [-0.15, -0.1) is 0 Å². The second-order valence-electron chi connectivity index (χ2n) is 11.0. The van der Waals surface area contributed by atoms with Crippen LogP contribution >= 0.6 is 0 Å². The van der Waals surface area contributed by atoms with Crippen LogP contribution in [-0.4, -0.2) is 18.7 Å². The minimum absolute atomic E-state index is 0.155. The fourth-order valence-electron chi connectivity index (χ4n) is 7.77. The van der Waals surface area contributed by atoms with E-state index < -0.39 is 0 Å². The Morgan fingerprint density at radius 1 is 1.06 bits per heavy atom. The van der Waals surface area contributed by atoms with Crippen molar-refractivity contribution in [3.63, 3.8) is 0 Å². The molecule has 0 aromatic heterocycles. The van der Waals surface area contributed by atoms with E-state index in [1.807, 2.05) is 6.21 Å². The fourth-order valence-corrected chi connectivity index (χ4v) is 7.77. The van der Waals surface area contributed by atoms with Crippen LogP contribution in [0.2, 0.25) is 0 Å². The molecule has 2 atom stereocenters. The van der Waals surface area contributed by atoms with Crippen LogP contribution in [0.25, 0.3) is 0 Å². The summed E-state index contributed by atoms with van der Waals surface area (Å²) >= 11 is 0. The van der Waals surface area contributed by atoms with Gasteiger partial charge in [0.25, 0.3) is 5.91 Å². The van der Waals surface area contributed by atoms with Crippen LogP contribution in [0, 0.1) is 29.1 Å². The van der Waals surface area contributed by atoms with E-state index in [-0.39, 0.29) is 16.7 Å². The van der Waals surface area contributed by atoms with Crippen LogP contribution < -0.4 is 5.73 Å². The average Bonchev–Trinajstić information content (AvgIpc) is 2.80. The lowest BCUT2D eigenvalue weighted by Gasteiger charge is -2.62. The molecule has 3 heteroatoms. The second kappa shape index (κ2) is 8.31. The van der Waals surface area contributed by atoms with E-state index in [0.717, 1.165) is 45.1 Å². The molecule has 0 saturated heterocycles. The molecule has 31 heavy (non-hydrogen) atoms. The minimum Gasteiger partial charge on any atom is -0.330 e. The first kappa shape index (κ1) is 21.1. The van der Waals surface area contributed by atoms with Gasteiger partial charge in [-0.25, -0.2) is 4.99 Å². The minimum atomic E-state index is -0.252. The van der Waals surface area contributed by atoms with Gasteiger partial charge in [0, 0.05) is 6.21 Å². The van der Waals surface area contributed by atoms with Gasteiger partial charge in [0.1, 0.15) is 0 Å². The molecule has 3 nitrogen and oxygen atoms in total. The number of carbonyl (C=O) groups is 1. The number of nitrogens with two attached hydrogens (primary N) is 1.